The molecular formula is C16H24N2O3. The number of carbonyl (C=O) groups is 1. The van der Waals surface area contributed by atoms with Crippen molar-refractivity contribution in [2.45, 2.75) is 39.2 Å². The SMILES string of the molecule is CCOc1ccc(OCC)c(NC(=O)C2CCCCN2)c1. The lowest BCUT2D eigenvalue weighted by atomic mass is 10.0. The second kappa shape index (κ2) is 7.88. The van der Waals surface area contributed by atoms with Crippen molar-refractivity contribution in [1.29, 1.82) is 0 Å². The summed E-state index contributed by atoms with van der Waals surface area (Å²) < 4.78 is 11.1. The van der Waals surface area contributed by atoms with Gasteiger partial charge in [0.2, 0.25) is 5.91 Å². The van der Waals surface area contributed by atoms with Crippen LogP contribution in [0.3, 0.4) is 0 Å². The molecule has 1 atom stereocenters. The van der Waals surface area contributed by atoms with Gasteiger partial charge in [-0.1, -0.05) is 6.42 Å². The van der Waals surface area contributed by atoms with E-state index in [0.717, 1.165) is 31.6 Å². The number of nitrogens with one attached hydrogen (secondary N) is 2. The molecule has 2 rings (SSSR count). The highest BCUT2D eigenvalue weighted by atomic mass is 16.5. The Morgan fingerprint density at radius 2 is 2.10 bits per heavy atom. The lowest BCUT2D eigenvalue weighted by Crippen LogP contribution is -2.43. The summed E-state index contributed by atoms with van der Waals surface area (Å²) >= 11 is 0. The predicted molar refractivity (Wildman–Crippen MR) is 83.1 cm³/mol. The Morgan fingerprint density at radius 1 is 1.29 bits per heavy atom. The second-order valence-corrected chi connectivity index (χ2v) is 5.02. The van der Waals surface area contributed by atoms with E-state index in [1.165, 1.54) is 0 Å². The zero-order valence-corrected chi connectivity index (χ0v) is 12.8. The van der Waals surface area contributed by atoms with Crippen LogP contribution in [0.15, 0.2) is 18.2 Å². The number of carbonyl (C=O) groups excluding carboxylic acids is 1. The van der Waals surface area contributed by atoms with Gasteiger partial charge in [0, 0.05) is 6.07 Å². The van der Waals surface area contributed by atoms with Crippen molar-refractivity contribution < 1.29 is 14.3 Å². The first-order valence-corrected chi connectivity index (χ1v) is 7.68. The van der Waals surface area contributed by atoms with Crippen LogP contribution in [-0.4, -0.2) is 31.7 Å². The molecule has 1 heterocycles. The average Bonchev–Trinajstić information content (AvgIpc) is 2.51. The summed E-state index contributed by atoms with van der Waals surface area (Å²) in [6, 6.07) is 5.38. The number of hydrogen-bond acceptors (Lipinski definition) is 4. The molecule has 5 heteroatoms. The molecule has 2 N–H and O–H groups in total. The van der Waals surface area contributed by atoms with Crippen LogP contribution in [0.2, 0.25) is 0 Å². The molecule has 21 heavy (non-hydrogen) atoms. The maximum atomic E-state index is 12.3. The first kappa shape index (κ1) is 15.6. The van der Waals surface area contributed by atoms with Gasteiger partial charge < -0.3 is 20.1 Å². The smallest absolute Gasteiger partial charge is 0.241 e. The van der Waals surface area contributed by atoms with Crippen LogP contribution < -0.4 is 20.1 Å². The van der Waals surface area contributed by atoms with Gasteiger partial charge in [0.25, 0.3) is 0 Å². The molecule has 1 aliphatic rings. The van der Waals surface area contributed by atoms with Gasteiger partial charge in [-0.15, -0.1) is 0 Å². The highest BCUT2D eigenvalue weighted by Crippen LogP contribution is 2.29. The van der Waals surface area contributed by atoms with E-state index in [9.17, 15) is 4.79 Å². The van der Waals surface area contributed by atoms with E-state index in [1.807, 2.05) is 32.0 Å². The van der Waals surface area contributed by atoms with E-state index >= 15 is 0 Å². The number of piperidine rings is 1. The Bertz CT molecular complexity index is 471. The highest BCUT2D eigenvalue weighted by molar-refractivity contribution is 5.96. The van der Waals surface area contributed by atoms with Crippen LogP contribution in [0.1, 0.15) is 33.1 Å². The molecule has 1 aromatic carbocycles. The Kier molecular flexibility index (Phi) is 5.87. The van der Waals surface area contributed by atoms with Gasteiger partial charge in [0.15, 0.2) is 0 Å². The minimum atomic E-state index is -0.121. The first-order valence-electron chi connectivity index (χ1n) is 7.68. The van der Waals surface area contributed by atoms with Gasteiger partial charge >= 0.3 is 0 Å². The van der Waals surface area contributed by atoms with Gasteiger partial charge in [-0.25, -0.2) is 0 Å². The molecule has 0 saturated carbocycles. The Morgan fingerprint density at radius 3 is 2.76 bits per heavy atom. The summed E-state index contributed by atoms with van der Waals surface area (Å²) in [5.41, 5.74) is 0.667. The third-order valence-electron chi connectivity index (χ3n) is 3.45. The summed E-state index contributed by atoms with van der Waals surface area (Å²) in [4.78, 5) is 12.3. The van der Waals surface area contributed by atoms with Crippen molar-refractivity contribution >= 4 is 11.6 Å². The highest BCUT2D eigenvalue weighted by Gasteiger charge is 2.21. The second-order valence-electron chi connectivity index (χ2n) is 5.02. The molecule has 1 amide bonds. The molecule has 116 valence electrons. The summed E-state index contributed by atoms with van der Waals surface area (Å²) in [6.07, 6.45) is 3.09. The van der Waals surface area contributed by atoms with Gasteiger partial charge in [-0.05, 0) is 45.4 Å². The van der Waals surface area contributed by atoms with E-state index in [-0.39, 0.29) is 11.9 Å². The topological polar surface area (TPSA) is 59.6 Å². The van der Waals surface area contributed by atoms with Crippen LogP contribution in [-0.2, 0) is 4.79 Å². The lowest BCUT2D eigenvalue weighted by Gasteiger charge is -2.23. The van der Waals surface area contributed by atoms with E-state index in [0.29, 0.717) is 24.7 Å². The fourth-order valence-corrected chi connectivity index (χ4v) is 2.44. The number of ether oxygens (including phenoxy) is 2. The molecule has 0 aromatic heterocycles. The van der Waals surface area contributed by atoms with Gasteiger partial charge in [0.1, 0.15) is 11.5 Å². The van der Waals surface area contributed by atoms with Crippen LogP contribution >= 0.6 is 0 Å². The molecular weight excluding hydrogens is 268 g/mol. The van der Waals surface area contributed by atoms with Crippen molar-refractivity contribution in [3.05, 3.63) is 18.2 Å². The first-order chi connectivity index (χ1) is 10.2. The van der Waals surface area contributed by atoms with Crippen molar-refractivity contribution in [2.24, 2.45) is 0 Å². The maximum absolute atomic E-state index is 12.3. The van der Waals surface area contributed by atoms with E-state index in [2.05, 4.69) is 10.6 Å². The Labute approximate surface area is 126 Å². The number of rotatable bonds is 6. The van der Waals surface area contributed by atoms with E-state index < -0.39 is 0 Å². The van der Waals surface area contributed by atoms with Crippen molar-refractivity contribution in [3.8, 4) is 11.5 Å². The Hall–Kier alpha value is -1.75. The minimum Gasteiger partial charge on any atom is -0.494 e. The van der Waals surface area contributed by atoms with Gasteiger partial charge in [-0.3, -0.25) is 4.79 Å². The molecule has 1 fully saturated rings. The number of hydrogen-bond donors (Lipinski definition) is 2. The Balaban J connectivity index is 2.11. The third kappa shape index (κ3) is 4.36. The van der Waals surface area contributed by atoms with Gasteiger partial charge in [0.05, 0.1) is 24.9 Å². The summed E-state index contributed by atoms with van der Waals surface area (Å²) in [5, 5.41) is 6.20. The van der Waals surface area contributed by atoms with Crippen molar-refractivity contribution in [3.63, 3.8) is 0 Å². The maximum Gasteiger partial charge on any atom is 0.241 e. The molecule has 0 radical (unpaired) electrons. The van der Waals surface area contributed by atoms with Crippen LogP contribution in [0.5, 0.6) is 11.5 Å². The lowest BCUT2D eigenvalue weighted by molar-refractivity contribution is -0.118. The van der Waals surface area contributed by atoms with E-state index in [4.69, 9.17) is 9.47 Å². The minimum absolute atomic E-state index is 0.00991. The molecule has 1 saturated heterocycles. The zero-order chi connectivity index (χ0) is 15.1. The quantitative estimate of drug-likeness (QED) is 0.846. The van der Waals surface area contributed by atoms with Crippen LogP contribution in [0.4, 0.5) is 5.69 Å². The fourth-order valence-electron chi connectivity index (χ4n) is 2.44. The normalized spacial score (nSPS) is 18.1. The summed E-state index contributed by atoms with van der Waals surface area (Å²) in [5.74, 6) is 1.39. The average molecular weight is 292 g/mol. The van der Waals surface area contributed by atoms with Crippen LogP contribution in [0.25, 0.3) is 0 Å². The molecule has 1 unspecified atom stereocenters. The number of amides is 1. The fraction of sp³-hybridized carbons (Fsp3) is 0.562. The van der Waals surface area contributed by atoms with E-state index in [1.54, 1.807) is 0 Å². The number of benzene rings is 1. The number of anilines is 1. The monoisotopic (exact) mass is 292 g/mol. The molecule has 0 bridgehead atoms. The zero-order valence-electron chi connectivity index (χ0n) is 12.8. The van der Waals surface area contributed by atoms with Gasteiger partial charge in [-0.2, -0.15) is 0 Å². The summed E-state index contributed by atoms with van der Waals surface area (Å²) in [7, 11) is 0. The molecule has 5 nitrogen and oxygen atoms in total. The largest absolute Gasteiger partial charge is 0.494 e. The molecule has 1 aliphatic heterocycles. The summed E-state index contributed by atoms with van der Waals surface area (Å²) in [6.45, 7) is 5.89. The third-order valence-corrected chi connectivity index (χ3v) is 3.45. The predicted octanol–water partition coefficient (Wildman–Crippen LogP) is 2.56. The van der Waals surface area contributed by atoms with Crippen LogP contribution in [0, 0.1) is 0 Å². The molecule has 0 spiro atoms. The van der Waals surface area contributed by atoms with Crippen molar-refractivity contribution in [2.75, 3.05) is 25.1 Å². The van der Waals surface area contributed by atoms with Crippen molar-refractivity contribution in [1.82, 2.24) is 5.32 Å². The molecule has 1 aromatic rings. The standard InChI is InChI=1S/C16H24N2O3/c1-3-20-12-8-9-15(21-4-2)14(11-12)18-16(19)13-7-5-6-10-17-13/h8-9,11,13,17H,3-7,10H2,1-2H3,(H,18,19). The molecule has 0 aliphatic carbocycles.